The molecule has 2 aromatic rings. The highest BCUT2D eigenvalue weighted by Crippen LogP contribution is 2.43. The number of Topliss-reactive ketones (excluding diaryl/α,β-unsaturated/α-hetero) is 1. The van der Waals surface area contributed by atoms with Crippen molar-refractivity contribution in [1.29, 1.82) is 0 Å². The van der Waals surface area contributed by atoms with E-state index in [1.54, 1.807) is 18.1 Å². The zero-order valence-corrected chi connectivity index (χ0v) is 23.2. The minimum Gasteiger partial charge on any atom is -0.496 e. The van der Waals surface area contributed by atoms with Crippen LogP contribution in [0.3, 0.4) is 0 Å². The number of ketones is 1. The summed E-state index contributed by atoms with van der Waals surface area (Å²) in [5.74, 6) is -1.61. The summed E-state index contributed by atoms with van der Waals surface area (Å²) in [5.41, 5.74) is 1.13. The molecule has 41 heavy (non-hydrogen) atoms. The summed E-state index contributed by atoms with van der Waals surface area (Å²) >= 11 is 0. The Bertz CT molecular complexity index is 1380. The molecule has 0 bridgehead atoms. The van der Waals surface area contributed by atoms with Gasteiger partial charge in [0.1, 0.15) is 17.5 Å². The first kappa shape index (κ1) is 27.3. The first-order valence-electron chi connectivity index (χ1n) is 14.7. The molecule has 4 N–H and O–H groups in total. The first-order valence-corrected chi connectivity index (χ1v) is 14.7. The number of likely N-dealkylation sites (tertiary alicyclic amines) is 1. The molecule has 2 saturated carbocycles. The Morgan fingerprint density at radius 1 is 1.12 bits per heavy atom. The zero-order chi connectivity index (χ0) is 28.7. The molecule has 4 amide bonds. The molecule has 3 heterocycles. The topological polar surface area (TPSA) is 150 Å². The van der Waals surface area contributed by atoms with E-state index < -0.39 is 29.7 Å². The molecule has 1 aromatic carbocycles. The predicted octanol–water partition coefficient (Wildman–Crippen LogP) is 1.67. The van der Waals surface area contributed by atoms with Crippen molar-refractivity contribution in [3.05, 3.63) is 30.0 Å². The number of nitrogens with one attached hydrogen (secondary N) is 4. The number of hydrogen-bond donors (Lipinski definition) is 4. The zero-order valence-electron chi connectivity index (χ0n) is 23.2. The number of rotatable bonds is 10. The van der Waals surface area contributed by atoms with Crippen LogP contribution in [-0.4, -0.2) is 77.6 Å². The smallest absolute Gasteiger partial charge is 0.289 e. The highest BCUT2D eigenvalue weighted by atomic mass is 16.5. The minimum absolute atomic E-state index is 0.000497. The van der Waals surface area contributed by atoms with Crippen LogP contribution in [0.4, 0.5) is 0 Å². The van der Waals surface area contributed by atoms with E-state index in [1.807, 2.05) is 18.2 Å². The third kappa shape index (κ3) is 5.41. The van der Waals surface area contributed by atoms with E-state index in [9.17, 15) is 24.0 Å². The number of nitrogens with zero attached hydrogens (tertiary/aromatic N) is 1. The van der Waals surface area contributed by atoms with Gasteiger partial charge in [-0.3, -0.25) is 24.0 Å². The maximum absolute atomic E-state index is 13.9. The number of carbonyl (C=O) groups is 5. The molecule has 2 aliphatic heterocycles. The van der Waals surface area contributed by atoms with Gasteiger partial charge in [0.15, 0.2) is 0 Å². The number of benzene rings is 1. The van der Waals surface area contributed by atoms with Gasteiger partial charge in [-0.05, 0) is 75.0 Å². The minimum atomic E-state index is -1.07. The standard InChI is InChI=1S/C30H37N5O6/c1-41-24-7-3-6-21-20(24)14-23(33-21)30(40)35-15-17-4-2-5-19(17)25(35)28(38)34-22(11-8-16-12-13-31-27(16)37)26(36)29(39)32-18-9-10-18/h3,6-7,14,16-19,22,25,33H,2,4-5,8-13,15H2,1H3,(H,31,37)(H,32,39)(H,34,38)/t16-,17+,19+,22+,25+/m1/s1. The summed E-state index contributed by atoms with van der Waals surface area (Å²) in [7, 11) is 1.58. The fraction of sp³-hybridized carbons (Fsp3) is 0.567. The Labute approximate surface area is 238 Å². The van der Waals surface area contributed by atoms with Crippen molar-refractivity contribution in [2.75, 3.05) is 20.2 Å². The largest absolute Gasteiger partial charge is 0.496 e. The van der Waals surface area contributed by atoms with Gasteiger partial charge in [-0.1, -0.05) is 12.5 Å². The third-order valence-electron chi connectivity index (χ3n) is 9.23. The van der Waals surface area contributed by atoms with E-state index in [4.69, 9.17) is 4.74 Å². The van der Waals surface area contributed by atoms with Gasteiger partial charge >= 0.3 is 0 Å². The van der Waals surface area contributed by atoms with Crippen molar-refractivity contribution in [2.24, 2.45) is 17.8 Å². The van der Waals surface area contributed by atoms with Crippen LogP contribution in [0.15, 0.2) is 24.3 Å². The number of fused-ring (bicyclic) bond motifs is 2. The molecule has 5 atom stereocenters. The molecule has 0 spiro atoms. The van der Waals surface area contributed by atoms with E-state index in [0.717, 1.165) is 43.0 Å². The average molecular weight is 564 g/mol. The molecule has 11 heteroatoms. The monoisotopic (exact) mass is 563 g/mol. The quantitative estimate of drug-likeness (QED) is 0.323. The van der Waals surface area contributed by atoms with Crippen molar-refractivity contribution < 1.29 is 28.7 Å². The Balaban J connectivity index is 1.23. The maximum atomic E-state index is 13.9. The Hall–Kier alpha value is -3.89. The molecule has 4 aliphatic rings. The van der Waals surface area contributed by atoms with Crippen molar-refractivity contribution in [2.45, 2.75) is 69.5 Å². The molecule has 0 unspecified atom stereocenters. The molecule has 6 rings (SSSR count). The van der Waals surface area contributed by atoms with Crippen LogP contribution >= 0.6 is 0 Å². The van der Waals surface area contributed by atoms with Crippen molar-refractivity contribution in [3.63, 3.8) is 0 Å². The molecule has 1 aromatic heterocycles. The number of carbonyl (C=O) groups excluding carboxylic acids is 5. The van der Waals surface area contributed by atoms with Gasteiger partial charge in [0.25, 0.3) is 11.8 Å². The lowest BCUT2D eigenvalue weighted by Crippen LogP contribution is -2.55. The molecule has 0 radical (unpaired) electrons. The summed E-state index contributed by atoms with van der Waals surface area (Å²) in [6.07, 6.45) is 5.62. The highest BCUT2D eigenvalue weighted by molar-refractivity contribution is 6.38. The van der Waals surface area contributed by atoms with Crippen LogP contribution in [0.25, 0.3) is 10.9 Å². The van der Waals surface area contributed by atoms with Crippen molar-refractivity contribution >= 4 is 40.3 Å². The van der Waals surface area contributed by atoms with E-state index in [-0.39, 0.29) is 42.0 Å². The maximum Gasteiger partial charge on any atom is 0.289 e. The number of H-pyrrole nitrogens is 1. The summed E-state index contributed by atoms with van der Waals surface area (Å²) in [4.78, 5) is 70.7. The highest BCUT2D eigenvalue weighted by Gasteiger charge is 2.50. The van der Waals surface area contributed by atoms with Gasteiger partial charge in [0, 0.05) is 36.0 Å². The van der Waals surface area contributed by atoms with E-state index in [0.29, 0.717) is 37.4 Å². The van der Waals surface area contributed by atoms with Gasteiger partial charge in [-0.15, -0.1) is 0 Å². The summed E-state index contributed by atoms with van der Waals surface area (Å²) in [6.45, 7) is 1.04. The van der Waals surface area contributed by atoms with E-state index in [1.165, 1.54) is 0 Å². The van der Waals surface area contributed by atoms with Crippen LogP contribution in [-0.2, 0) is 19.2 Å². The lowest BCUT2D eigenvalue weighted by Gasteiger charge is -2.28. The molecule has 218 valence electrons. The molecule has 2 aliphatic carbocycles. The fourth-order valence-corrected chi connectivity index (χ4v) is 6.88. The van der Waals surface area contributed by atoms with Crippen LogP contribution in [0.5, 0.6) is 5.75 Å². The number of aromatic amines is 1. The molecule has 2 saturated heterocycles. The Morgan fingerprint density at radius 2 is 1.95 bits per heavy atom. The fourth-order valence-electron chi connectivity index (χ4n) is 6.88. The van der Waals surface area contributed by atoms with Crippen LogP contribution in [0.1, 0.15) is 61.9 Å². The Morgan fingerprint density at radius 3 is 2.68 bits per heavy atom. The molecular formula is C30H37N5O6. The van der Waals surface area contributed by atoms with E-state index >= 15 is 0 Å². The molecule has 11 nitrogen and oxygen atoms in total. The van der Waals surface area contributed by atoms with Crippen LogP contribution in [0.2, 0.25) is 0 Å². The van der Waals surface area contributed by atoms with Gasteiger partial charge < -0.3 is 30.6 Å². The SMILES string of the molecule is COc1cccc2[nH]c(C(=O)N3C[C@@H]4CCC[C@@H]4[C@H]3C(=O)N[C@@H](CC[C@@H]3CCNC3=O)C(=O)C(=O)NC3CC3)cc12. The van der Waals surface area contributed by atoms with Gasteiger partial charge in [-0.2, -0.15) is 0 Å². The van der Waals surface area contributed by atoms with Crippen molar-refractivity contribution in [3.8, 4) is 5.75 Å². The number of methoxy groups -OCH3 is 1. The van der Waals surface area contributed by atoms with Gasteiger partial charge in [0.05, 0.1) is 13.2 Å². The van der Waals surface area contributed by atoms with Gasteiger partial charge in [-0.25, -0.2) is 0 Å². The number of hydrogen-bond acceptors (Lipinski definition) is 6. The summed E-state index contributed by atoms with van der Waals surface area (Å²) in [5, 5.41) is 9.16. The van der Waals surface area contributed by atoms with Crippen molar-refractivity contribution in [1.82, 2.24) is 25.8 Å². The Kier molecular flexibility index (Phi) is 7.44. The summed E-state index contributed by atoms with van der Waals surface area (Å²) in [6, 6.07) is 5.47. The summed E-state index contributed by atoms with van der Waals surface area (Å²) < 4.78 is 5.45. The third-order valence-corrected chi connectivity index (χ3v) is 9.23. The number of ether oxygens (including phenoxy) is 1. The average Bonchev–Trinajstić information content (AvgIpc) is 3.32. The normalized spacial score (nSPS) is 26.0. The first-order chi connectivity index (χ1) is 19.8. The molecule has 4 fully saturated rings. The second kappa shape index (κ2) is 11.2. The van der Waals surface area contributed by atoms with Gasteiger partial charge in [0.2, 0.25) is 17.6 Å². The predicted molar refractivity (Wildman–Crippen MR) is 149 cm³/mol. The van der Waals surface area contributed by atoms with Crippen LogP contribution < -0.4 is 20.7 Å². The number of amides is 4. The van der Waals surface area contributed by atoms with Crippen LogP contribution in [0, 0.1) is 17.8 Å². The lowest BCUT2D eigenvalue weighted by molar-refractivity contribution is -0.140. The molecular weight excluding hydrogens is 526 g/mol. The second-order valence-electron chi connectivity index (χ2n) is 11.9. The lowest BCUT2D eigenvalue weighted by atomic mass is 9.92. The van der Waals surface area contributed by atoms with E-state index in [2.05, 4.69) is 20.9 Å². The number of aromatic nitrogens is 1. The second-order valence-corrected chi connectivity index (χ2v) is 11.9.